The molecule has 1 aromatic rings. The van der Waals surface area contributed by atoms with Gasteiger partial charge in [0, 0.05) is 43.1 Å². The number of carbonyl (C=O) groups excluding carboxylic acids is 1. The van der Waals surface area contributed by atoms with Crippen molar-refractivity contribution in [1.29, 1.82) is 0 Å². The SMILES string of the molecule is CC(C)C(=O)N1CCN(Cc2cc3c(cc2Br)OCCO3)CC1. The monoisotopic (exact) mass is 382 g/mol. The minimum atomic E-state index is 0.0773. The third-order valence-corrected chi connectivity index (χ3v) is 5.02. The van der Waals surface area contributed by atoms with Gasteiger partial charge in [0.15, 0.2) is 11.5 Å². The van der Waals surface area contributed by atoms with E-state index in [0.29, 0.717) is 13.2 Å². The number of piperazine rings is 1. The van der Waals surface area contributed by atoms with Gasteiger partial charge in [-0.25, -0.2) is 0 Å². The minimum Gasteiger partial charge on any atom is -0.486 e. The molecule has 0 atom stereocenters. The summed E-state index contributed by atoms with van der Waals surface area (Å²) < 4.78 is 12.3. The van der Waals surface area contributed by atoms with Crippen molar-refractivity contribution in [2.45, 2.75) is 20.4 Å². The molecule has 5 nitrogen and oxygen atoms in total. The van der Waals surface area contributed by atoms with Crippen LogP contribution in [0.3, 0.4) is 0 Å². The Morgan fingerprint density at radius 1 is 1.13 bits per heavy atom. The topological polar surface area (TPSA) is 42.0 Å². The summed E-state index contributed by atoms with van der Waals surface area (Å²) >= 11 is 3.63. The zero-order valence-corrected chi connectivity index (χ0v) is 15.3. The van der Waals surface area contributed by atoms with E-state index in [1.54, 1.807) is 0 Å². The number of rotatable bonds is 3. The minimum absolute atomic E-state index is 0.0773. The average molecular weight is 383 g/mol. The van der Waals surface area contributed by atoms with Gasteiger partial charge >= 0.3 is 0 Å². The maximum absolute atomic E-state index is 12.0. The zero-order valence-electron chi connectivity index (χ0n) is 13.7. The maximum Gasteiger partial charge on any atom is 0.225 e. The number of carbonyl (C=O) groups is 1. The number of halogens is 1. The normalized spacial score (nSPS) is 18.3. The van der Waals surface area contributed by atoms with Crippen molar-refractivity contribution in [3.8, 4) is 11.5 Å². The van der Waals surface area contributed by atoms with E-state index < -0.39 is 0 Å². The number of ether oxygens (including phenoxy) is 2. The number of amides is 1. The van der Waals surface area contributed by atoms with Crippen LogP contribution in [-0.4, -0.2) is 55.1 Å². The third-order valence-electron chi connectivity index (χ3n) is 4.28. The van der Waals surface area contributed by atoms with Gasteiger partial charge in [-0.05, 0) is 17.7 Å². The van der Waals surface area contributed by atoms with Crippen molar-refractivity contribution in [2.24, 2.45) is 5.92 Å². The van der Waals surface area contributed by atoms with Crippen LogP contribution in [-0.2, 0) is 11.3 Å². The Balaban J connectivity index is 1.62. The van der Waals surface area contributed by atoms with Crippen LogP contribution in [0.2, 0.25) is 0 Å². The second kappa shape index (κ2) is 7.09. The first-order chi connectivity index (χ1) is 11.0. The van der Waals surface area contributed by atoms with E-state index in [1.165, 1.54) is 5.56 Å². The molecule has 2 aliphatic rings. The molecule has 0 unspecified atom stereocenters. The number of fused-ring (bicyclic) bond motifs is 1. The molecule has 0 N–H and O–H groups in total. The highest BCUT2D eigenvalue weighted by Gasteiger charge is 2.24. The Morgan fingerprint density at radius 2 is 1.74 bits per heavy atom. The summed E-state index contributed by atoms with van der Waals surface area (Å²) in [5, 5.41) is 0. The quantitative estimate of drug-likeness (QED) is 0.805. The third kappa shape index (κ3) is 3.80. The van der Waals surface area contributed by atoms with Crippen molar-refractivity contribution < 1.29 is 14.3 Å². The lowest BCUT2D eigenvalue weighted by atomic mass is 10.1. The predicted molar refractivity (Wildman–Crippen MR) is 91.8 cm³/mol. The molecule has 0 bridgehead atoms. The molecule has 1 amide bonds. The van der Waals surface area contributed by atoms with Crippen molar-refractivity contribution in [1.82, 2.24) is 9.80 Å². The van der Waals surface area contributed by atoms with E-state index in [0.717, 1.165) is 48.7 Å². The van der Waals surface area contributed by atoms with Crippen molar-refractivity contribution >= 4 is 21.8 Å². The molecule has 23 heavy (non-hydrogen) atoms. The van der Waals surface area contributed by atoms with E-state index in [1.807, 2.05) is 24.8 Å². The predicted octanol–water partition coefficient (Wildman–Crippen LogP) is 2.52. The second-order valence-corrected chi connectivity index (χ2v) is 7.20. The second-order valence-electron chi connectivity index (χ2n) is 6.34. The van der Waals surface area contributed by atoms with Gasteiger partial charge in [0.1, 0.15) is 13.2 Å². The fraction of sp³-hybridized carbons (Fsp3) is 0.588. The summed E-state index contributed by atoms with van der Waals surface area (Å²) in [6.07, 6.45) is 0. The van der Waals surface area contributed by atoms with Gasteiger partial charge in [0.25, 0.3) is 0 Å². The summed E-state index contributed by atoms with van der Waals surface area (Å²) in [6, 6.07) is 4.05. The van der Waals surface area contributed by atoms with Crippen molar-refractivity contribution in [2.75, 3.05) is 39.4 Å². The van der Waals surface area contributed by atoms with Gasteiger partial charge in [-0.3, -0.25) is 9.69 Å². The lowest BCUT2D eigenvalue weighted by Gasteiger charge is -2.35. The molecule has 1 saturated heterocycles. The van der Waals surface area contributed by atoms with Gasteiger partial charge in [-0.2, -0.15) is 0 Å². The molecule has 0 saturated carbocycles. The number of hydrogen-bond donors (Lipinski definition) is 0. The highest BCUT2D eigenvalue weighted by molar-refractivity contribution is 9.10. The van der Waals surface area contributed by atoms with Crippen molar-refractivity contribution in [3.63, 3.8) is 0 Å². The van der Waals surface area contributed by atoms with Crippen LogP contribution in [0.5, 0.6) is 11.5 Å². The number of nitrogens with zero attached hydrogens (tertiary/aromatic N) is 2. The first-order valence-corrected chi connectivity index (χ1v) is 8.93. The van der Waals surface area contributed by atoms with Crippen LogP contribution in [0.4, 0.5) is 0 Å². The fourth-order valence-corrected chi connectivity index (χ4v) is 3.41. The maximum atomic E-state index is 12.0. The molecule has 0 aliphatic carbocycles. The number of hydrogen-bond acceptors (Lipinski definition) is 4. The largest absolute Gasteiger partial charge is 0.486 e. The van der Waals surface area contributed by atoms with E-state index in [4.69, 9.17) is 9.47 Å². The molecule has 126 valence electrons. The Hall–Kier alpha value is -1.27. The highest BCUT2D eigenvalue weighted by Crippen LogP contribution is 2.36. The van der Waals surface area contributed by atoms with Crippen LogP contribution in [0.25, 0.3) is 0 Å². The van der Waals surface area contributed by atoms with Crippen LogP contribution in [0, 0.1) is 5.92 Å². The van der Waals surface area contributed by atoms with Crippen LogP contribution in [0.15, 0.2) is 16.6 Å². The molecule has 6 heteroatoms. The average Bonchev–Trinajstić information content (AvgIpc) is 2.55. The smallest absolute Gasteiger partial charge is 0.225 e. The molecule has 3 rings (SSSR count). The Morgan fingerprint density at radius 3 is 2.35 bits per heavy atom. The fourth-order valence-electron chi connectivity index (χ4n) is 2.96. The molecular formula is C17H23BrN2O3. The summed E-state index contributed by atoms with van der Waals surface area (Å²) in [4.78, 5) is 16.4. The van der Waals surface area contributed by atoms with E-state index in [2.05, 4.69) is 26.9 Å². The molecule has 1 fully saturated rings. The molecule has 1 aromatic carbocycles. The van der Waals surface area contributed by atoms with Gasteiger partial charge in [0.2, 0.25) is 5.91 Å². The first kappa shape index (κ1) is 16.6. The number of benzene rings is 1. The van der Waals surface area contributed by atoms with E-state index >= 15 is 0 Å². The first-order valence-electron chi connectivity index (χ1n) is 8.14. The lowest BCUT2D eigenvalue weighted by molar-refractivity contribution is -0.136. The summed E-state index contributed by atoms with van der Waals surface area (Å²) in [7, 11) is 0. The standard InChI is InChI=1S/C17H23BrN2O3/c1-12(2)17(21)20-5-3-19(4-6-20)11-13-9-15-16(10-14(13)18)23-8-7-22-15/h9-10,12H,3-8,11H2,1-2H3. The van der Waals surface area contributed by atoms with Gasteiger partial charge < -0.3 is 14.4 Å². The van der Waals surface area contributed by atoms with Crippen LogP contribution >= 0.6 is 15.9 Å². The Labute approximate surface area is 145 Å². The van der Waals surface area contributed by atoms with Crippen molar-refractivity contribution in [3.05, 3.63) is 22.2 Å². The van der Waals surface area contributed by atoms with Crippen LogP contribution < -0.4 is 9.47 Å². The van der Waals surface area contributed by atoms with Crippen LogP contribution in [0.1, 0.15) is 19.4 Å². The summed E-state index contributed by atoms with van der Waals surface area (Å²) in [5.74, 6) is 1.96. The van der Waals surface area contributed by atoms with E-state index in [9.17, 15) is 4.79 Å². The molecular weight excluding hydrogens is 360 g/mol. The lowest BCUT2D eigenvalue weighted by Crippen LogP contribution is -2.49. The molecule has 2 aliphatic heterocycles. The summed E-state index contributed by atoms with van der Waals surface area (Å²) in [5.41, 5.74) is 1.19. The Bertz CT molecular complexity index is 583. The van der Waals surface area contributed by atoms with E-state index in [-0.39, 0.29) is 11.8 Å². The summed E-state index contributed by atoms with van der Waals surface area (Å²) in [6.45, 7) is 9.38. The molecule has 0 spiro atoms. The van der Waals surface area contributed by atoms with Gasteiger partial charge in [0.05, 0.1) is 0 Å². The Kier molecular flexibility index (Phi) is 5.11. The zero-order chi connectivity index (χ0) is 16.4. The highest BCUT2D eigenvalue weighted by atomic mass is 79.9. The molecule has 0 aromatic heterocycles. The van der Waals surface area contributed by atoms with Gasteiger partial charge in [-0.1, -0.05) is 29.8 Å². The molecule has 0 radical (unpaired) electrons. The molecule has 2 heterocycles. The van der Waals surface area contributed by atoms with Gasteiger partial charge in [-0.15, -0.1) is 0 Å².